The highest BCUT2D eigenvalue weighted by Crippen LogP contribution is 2.25. The Balaban J connectivity index is 2.32. The topological polar surface area (TPSA) is 75.6 Å². The average molecular weight is 248 g/mol. The van der Waals surface area contributed by atoms with Crippen molar-refractivity contribution in [2.24, 2.45) is 5.73 Å². The summed E-state index contributed by atoms with van der Waals surface area (Å²) in [5, 5.41) is 0. The predicted octanol–water partition coefficient (Wildman–Crippen LogP) is 0.508. The Bertz CT molecular complexity index is 460. The van der Waals surface area contributed by atoms with Crippen molar-refractivity contribution in [2.75, 3.05) is 37.3 Å². The van der Waals surface area contributed by atoms with Crippen LogP contribution in [-0.2, 0) is 0 Å². The zero-order valence-electron chi connectivity index (χ0n) is 10.9. The zero-order valence-corrected chi connectivity index (χ0v) is 10.9. The van der Waals surface area contributed by atoms with E-state index < -0.39 is 5.91 Å². The van der Waals surface area contributed by atoms with Crippen molar-refractivity contribution in [2.45, 2.75) is 13.0 Å². The number of hydrogen-bond acceptors (Lipinski definition) is 4. The summed E-state index contributed by atoms with van der Waals surface area (Å²) in [4.78, 5) is 15.9. The number of likely N-dealkylation sites (N-methyl/N-ethyl adjacent to an activating group) is 1. The summed E-state index contributed by atoms with van der Waals surface area (Å²) < 4.78 is 0. The lowest BCUT2D eigenvalue weighted by Gasteiger charge is -2.39. The molecule has 0 spiro atoms. The van der Waals surface area contributed by atoms with Gasteiger partial charge in [0, 0.05) is 31.4 Å². The Labute approximate surface area is 107 Å². The van der Waals surface area contributed by atoms with E-state index in [9.17, 15) is 4.79 Å². The van der Waals surface area contributed by atoms with Crippen molar-refractivity contribution in [1.29, 1.82) is 0 Å². The molecule has 98 valence electrons. The predicted molar refractivity (Wildman–Crippen MR) is 73.7 cm³/mol. The van der Waals surface area contributed by atoms with Crippen molar-refractivity contribution < 1.29 is 4.79 Å². The lowest BCUT2D eigenvalue weighted by atomic mass is 10.1. The van der Waals surface area contributed by atoms with Gasteiger partial charge in [-0.2, -0.15) is 0 Å². The molecule has 1 aromatic rings. The first-order valence-corrected chi connectivity index (χ1v) is 6.13. The van der Waals surface area contributed by atoms with E-state index in [1.807, 2.05) is 6.07 Å². The second kappa shape index (κ2) is 4.86. The Kier molecular flexibility index (Phi) is 3.43. The van der Waals surface area contributed by atoms with Gasteiger partial charge in [-0.25, -0.2) is 0 Å². The van der Waals surface area contributed by atoms with Gasteiger partial charge in [0.25, 0.3) is 5.91 Å². The second-order valence-corrected chi connectivity index (χ2v) is 4.92. The molecule has 0 aliphatic carbocycles. The summed E-state index contributed by atoms with van der Waals surface area (Å²) in [7, 11) is 2.11. The smallest absolute Gasteiger partial charge is 0.250 e. The highest BCUT2D eigenvalue weighted by atomic mass is 16.1. The Morgan fingerprint density at radius 2 is 2.11 bits per heavy atom. The SMILES string of the molecule is CC1CN(c2cc(N)ccc2C(N)=O)CCN1C. The van der Waals surface area contributed by atoms with E-state index in [0.29, 0.717) is 17.3 Å². The van der Waals surface area contributed by atoms with Gasteiger partial charge in [0.2, 0.25) is 0 Å². The molecule has 5 heteroatoms. The molecule has 1 aromatic carbocycles. The molecule has 1 aliphatic heterocycles. The Morgan fingerprint density at radius 1 is 1.39 bits per heavy atom. The fourth-order valence-electron chi connectivity index (χ4n) is 2.29. The van der Waals surface area contributed by atoms with Gasteiger partial charge >= 0.3 is 0 Å². The largest absolute Gasteiger partial charge is 0.399 e. The molecule has 0 saturated carbocycles. The third-order valence-electron chi connectivity index (χ3n) is 3.59. The number of benzene rings is 1. The molecular weight excluding hydrogens is 228 g/mol. The monoisotopic (exact) mass is 248 g/mol. The van der Waals surface area contributed by atoms with E-state index in [0.717, 1.165) is 25.3 Å². The number of nitrogen functional groups attached to an aromatic ring is 1. The molecule has 2 rings (SSSR count). The highest BCUT2D eigenvalue weighted by molar-refractivity contribution is 5.99. The first-order valence-electron chi connectivity index (χ1n) is 6.13. The maximum atomic E-state index is 11.5. The van der Waals surface area contributed by atoms with Gasteiger partial charge in [0.05, 0.1) is 11.3 Å². The number of nitrogens with two attached hydrogens (primary N) is 2. The van der Waals surface area contributed by atoms with Crippen LogP contribution in [0.25, 0.3) is 0 Å². The van der Waals surface area contributed by atoms with Crippen LogP contribution in [0.3, 0.4) is 0 Å². The van der Waals surface area contributed by atoms with Crippen molar-refractivity contribution in [3.05, 3.63) is 23.8 Å². The van der Waals surface area contributed by atoms with Crippen LogP contribution in [0.4, 0.5) is 11.4 Å². The van der Waals surface area contributed by atoms with Gasteiger partial charge in [-0.1, -0.05) is 0 Å². The number of primary amides is 1. The standard InChI is InChI=1S/C13H20N4O/c1-9-8-17(6-5-16(9)2)12-7-10(14)3-4-11(12)13(15)18/h3-4,7,9H,5-6,8,14H2,1-2H3,(H2,15,18). The van der Waals surface area contributed by atoms with Gasteiger partial charge in [-0.3, -0.25) is 4.79 Å². The first-order chi connectivity index (χ1) is 8.49. The van der Waals surface area contributed by atoms with Crippen molar-refractivity contribution >= 4 is 17.3 Å². The van der Waals surface area contributed by atoms with Gasteiger partial charge in [0.1, 0.15) is 0 Å². The molecule has 1 atom stereocenters. The van der Waals surface area contributed by atoms with E-state index in [-0.39, 0.29) is 0 Å². The Hall–Kier alpha value is -1.75. The van der Waals surface area contributed by atoms with Crippen LogP contribution >= 0.6 is 0 Å². The second-order valence-electron chi connectivity index (χ2n) is 4.92. The number of hydrogen-bond donors (Lipinski definition) is 2. The normalized spacial score (nSPS) is 21.0. The minimum atomic E-state index is -0.406. The quantitative estimate of drug-likeness (QED) is 0.748. The summed E-state index contributed by atoms with van der Waals surface area (Å²) in [5.41, 5.74) is 13.3. The minimum Gasteiger partial charge on any atom is -0.399 e. The van der Waals surface area contributed by atoms with Crippen molar-refractivity contribution in [3.63, 3.8) is 0 Å². The van der Waals surface area contributed by atoms with Gasteiger partial charge in [0.15, 0.2) is 0 Å². The van der Waals surface area contributed by atoms with E-state index in [1.165, 1.54) is 0 Å². The maximum absolute atomic E-state index is 11.5. The third-order valence-corrected chi connectivity index (χ3v) is 3.59. The molecule has 1 fully saturated rings. The van der Waals surface area contributed by atoms with Crippen molar-refractivity contribution in [1.82, 2.24) is 4.90 Å². The number of rotatable bonds is 2. The summed E-state index contributed by atoms with van der Waals surface area (Å²) in [6.45, 7) is 4.89. The molecule has 18 heavy (non-hydrogen) atoms. The summed E-state index contributed by atoms with van der Waals surface area (Å²) in [5.74, 6) is -0.406. The van der Waals surface area contributed by atoms with E-state index in [1.54, 1.807) is 12.1 Å². The molecule has 0 radical (unpaired) electrons. The molecule has 0 aromatic heterocycles. The zero-order chi connectivity index (χ0) is 13.3. The summed E-state index contributed by atoms with van der Waals surface area (Å²) in [6, 6.07) is 5.69. The fourth-order valence-corrected chi connectivity index (χ4v) is 2.29. The van der Waals surface area contributed by atoms with Gasteiger partial charge < -0.3 is 21.3 Å². The molecule has 1 amide bonds. The number of nitrogens with zero attached hydrogens (tertiary/aromatic N) is 2. The Morgan fingerprint density at radius 3 is 2.72 bits per heavy atom. The lowest BCUT2D eigenvalue weighted by Crippen LogP contribution is -2.50. The molecular formula is C13H20N4O. The number of anilines is 2. The number of amides is 1. The lowest BCUT2D eigenvalue weighted by molar-refractivity contribution is 0.100. The number of piperazine rings is 1. The highest BCUT2D eigenvalue weighted by Gasteiger charge is 2.23. The van der Waals surface area contributed by atoms with E-state index in [2.05, 4.69) is 23.8 Å². The molecule has 1 heterocycles. The molecule has 0 bridgehead atoms. The van der Waals surface area contributed by atoms with Crippen LogP contribution in [-0.4, -0.2) is 43.5 Å². The molecule has 1 saturated heterocycles. The van der Waals surface area contributed by atoms with Crippen LogP contribution in [0.5, 0.6) is 0 Å². The third kappa shape index (κ3) is 2.41. The number of carbonyl (C=O) groups is 1. The van der Waals surface area contributed by atoms with Crippen LogP contribution in [0.1, 0.15) is 17.3 Å². The minimum absolute atomic E-state index is 0.406. The fraction of sp³-hybridized carbons (Fsp3) is 0.462. The van der Waals surface area contributed by atoms with Crippen LogP contribution in [0.2, 0.25) is 0 Å². The van der Waals surface area contributed by atoms with Crippen LogP contribution in [0.15, 0.2) is 18.2 Å². The van der Waals surface area contributed by atoms with Gasteiger partial charge in [-0.05, 0) is 32.2 Å². The van der Waals surface area contributed by atoms with Crippen molar-refractivity contribution in [3.8, 4) is 0 Å². The maximum Gasteiger partial charge on any atom is 0.250 e. The summed E-state index contributed by atoms with van der Waals surface area (Å²) in [6.07, 6.45) is 0. The molecule has 1 aliphatic rings. The van der Waals surface area contributed by atoms with Crippen LogP contribution in [0, 0.1) is 0 Å². The average Bonchev–Trinajstić information content (AvgIpc) is 2.32. The molecule has 5 nitrogen and oxygen atoms in total. The van der Waals surface area contributed by atoms with Gasteiger partial charge in [-0.15, -0.1) is 0 Å². The van der Waals surface area contributed by atoms with Crippen LogP contribution < -0.4 is 16.4 Å². The number of carbonyl (C=O) groups excluding carboxylic acids is 1. The van der Waals surface area contributed by atoms with E-state index >= 15 is 0 Å². The first kappa shape index (κ1) is 12.7. The van der Waals surface area contributed by atoms with E-state index in [4.69, 9.17) is 11.5 Å². The summed E-state index contributed by atoms with van der Waals surface area (Å²) >= 11 is 0. The molecule has 1 unspecified atom stereocenters. The molecule has 4 N–H and O–H groups in total.